The Morgan fingerprint density at radius 2 is 2.05 bits per heavy atom. The number of benzene rings is 2. The highest BCUT2D eigenvalue weighted by Crippen LogP contribution is 2.28. The summed E-state index contributed by atoms with van der Waals surface area (Å²) in [4.78, 5) is 2.26. The highest BCUT2D eigenvalue weighted by molar-refractivity contribution is 5.95. The van der Waals surface area contributed by atoms with Gasteiger partial charge in [0.15, 0.2) is 0 Å². The zero-order chi connectivity index (χ0) is 14.8. The van der Waals surface area contributed by atoms with Crippen LogP contribution in [0.4, 0.5) is 10.1 Å². The summed E-state index contributed by atoms with van der Waals surface area (Å²) < 4.78 is 13.7. The third kappa shape index (κ3) is 2.89. The van der Waals surface area contributed by atoms with E-state index in [1.54, 1.807) is 6.07 Å². The summed E-state index contributed by atoms with van der Waals surface area (Å²) >= 11 is 0. The lowest BCUT2D eigenvalue weighted by Crippen LogP contribution is -2.29. The molecule has 21 heavy (non-hydrogen) atoms. The first-order chi connectivity index (χ1) is 10.1. The molecule has 3 nitrogen and oxygen atoms in total. The number of nitrogens with one attached hydrogen (secondary N) is 1. The van der Waals surface area contributed by atoms with Gasteiger partial charge in [-0.25, -0.2) is 4.39 Å². The zero-order valence-electron chi connectivity index (χ0n) is 11.8. The molecular weight excluding hydrogens is 265 g/mol. The van der Waals surface area contributed by atoms with Crippen LogP contribution in [0.25, 0.3) is 0 Å². The molecule has 0 aliphatic carbocycles. The second-order valence-corrected chi connectivity index (χ2v) is 5.42. The monoisotopic (exact) mass is 283 g/mol. The summed E-state index contributed by atoms with van der Waals surface area (Å²) in [5.74, 6) is -0.446. The average molecular weight is 283 g/mol. The van der Waals surface area contributed by atoms with Gasteiger partial charge in [-0.1, -0.05) is 18.2 Å². The summed E-state index contributed by atoms with van der Waals surface area (Å²) in [6.07, 6.45) is 2.19. The van der Waals surface area contributed by atoms with Gasteiger partial charge in [0.25, 0.3) is 0 Å². The first-order valence-corrected chi connectivity index (χ1v) is 7.10. The van der Waals surface area contributed by atoms with Crippen LogP contribution in [0.15, 0.2) is 42.5 Å². The number of anilines is 1. The average Bonchev–Trinajstić information content (AvgIpc) is 2.47. The van der Waals surface area contributed by atoms with E-state index in [4.69, 9.17) is 11.1 Å². The molecule has 2 aromatic rings. The van der Waals surface area contributed by atoms with Crippen molar-refractivity contribution in [3.05, 3.63) is 65.0 Å². The van der Waals surface area contributed by atoms with E-state index in [0.29, 0.717) is 12.1 Å². The zero-order valence-corrected chi connectivity index (χ0v) is 11.8. The molecular formula is C17H18FN3. The summed E-state index contributed by atoms with van der Waals surface area (Å²) in [6.45, 7) is 1.60. The Hall–Kier alpha value is -2.36. The predicted molar refractivity (Wildman–Crippen MR) is 83.2 cm³/mol. The summed E-state index contributed by atoms with van der Waals surface area (Å²) in [6, 6.07) is 13.0. The van der Waals surface area contributed by atoms with Gasteiger partial charge in [-0.3, -0.25) is 5.41 Å². The van der Waals surface area contributed by atoms with Crippen molar-refractivity contribution in [3.63, 3.8) is 0 Å². The van der Waals surface area contributed by atoms with Crippen molar-refractivity contribution >= 4 is 11.5 Å². The molecule has 0 atom stereocenters. The molecule has 0 saturated heterocycles. The Morgan fingerprint density at radius 3 is 2.86 bits per heavy atom. The van der Waals surface area contributed by atoms with Gasteiger partial charge < -0.3 is 10.6 Å². The van der Waals surface area contributed by atoms with Gasteiger partial charge in [0.2, 0.25) is 0 Å². The number of nitrogen functional groups attached to an aromatic ring is 1. The topological polar surface area (TPSA) is 53.1 Å². The largest absolute Gasteiger partial charge is 0.384 e. The fourth-order valence-corrected chi connectivity index (χ4v) is 2.89. The predicted octanol–water partition coefficient (Wildman–Crippen LogP) is 3.06. The van der Waals surface area contributed by atoms with Gasteiger partial charge in [-0.15, -0.1) is 0 Å². The van der Waals surface area contributed by atoms with Crippen LogP contribution in [0.5, 0.6) is 0 Å². The van der Waals surface area contributed by atoms with Crippen LogP contribution in [0.2, 0.25) is 0 Å². The lowest BCUT2D eigenvalue weighted by atomic mass is 10.0. The Kier molecular flexibility index (Phi) is 3.60. The molecule has 1 aliphatic heterocycles. The van der Waals surface area contributed by atoms with Crippen molar-refractivity contribution in [2.24, 2.45) is 5.73 Å². The molecule has 3 N–H and O–H groups in total. The third-order valence-electron chi connectivity index (χ3n) is 3.85. The summed E-state index contributed by atoms with van der Waals surface area (Å²) in [5, 5.41) is 7.46. The minimum absolute atomic E-state index is 0.102. The number of fused-ring (bicyclic) bond motifs is 1. The molecule has 0 amide bonds. The van der Waals surface area contributed by atoms with Gasteiger partial charge in [0.1, 0.15) is 11.7 Å². The van der Waals surface area contributed by atoms with Gasteiger partial charge >= 0.3 is 0 Å². The Bertz CT molecular complexity index is 681. The van der Waals surface area contributed by atoms with E-state index >= 15 is 0 Å². The van der Waals surface area contributed by atoms with E-state index in [1.165, 1.54) is 23.4 Å². The van der Waals surface area contributed by atoms with E-state index < -0.39 is 0 Å². The number of nitrogens with zero attached hydrogens (tertiary/aromatic N) is 1. The molecule has 3 rings (SSSR count). The highest BCUT2D eigenvalue weighted by atomic mass is 19.1. The Balaban J connectivity index is 1.90. The van der Waals surface area contributed by atoms with E-state index in [1.807, 2.05) is 6.07 Å². The van der Waals surface area contributed by atoms with Crippen LogP contribution >= 0.6 is 0 Å². The van der Waals surface area contributed by atoms with Crippen LogP contribution in [0.3, 0.4) is 0 Å². The number of halogens is 1. The smallest absolute Gasteiger partial charge is 0.124 e. The second kappa shape index (κ2) is 5.56. The Labute approximate surface area is 123 Å². The number of aryl methyl sites for hydroxylation is 1. The maximum atomic E-state index is 13.7. The number of para-hydroxylation sites is 1. The lowest BCUT2D eigenvalue weighted by molar-refractivity contribution is 0.622. The normalized spacial score (nSPS) is 13.9. The minimum Gasteiger partial charge on any atom is -0.384 e. The SMILES string of the molecule is N=C(N)c1cc(F)cc(CN2CCCc3ccccc32)c1. The summed E-state index contributed by atoms with van der Waals surface area (Å²) in [5.41, 5.74) is 9.31. The number of hydrogen-bond donors (Lipinski definition) is 2. The van der Waals surface area contributed by atoms with Crippen LogP contribution in [-0.4, -0.2) is 12.4 Å². The van der Waals surface area contributed by atoms with Crippen LogP contribution in [0, 0.1) is 11.2 Å². The summed E-state index contributed by atoms with van der Waals surface area (Å²) in [7, 11) is 0. The van der Waals surface area contributed by atoms with Gasteiger partial charge in [-0.2, -0.15) is 0 Å². The number of amidine groups is 1. The van der Waals surface area contributed by atoms with E-state index in [2.05, 4.69) is 23.1 Å². The van der Waals surface area contributed by atoms with Crippen LogP contribution in [-0.2, 0) is 13.0 Å². The van der Waals surface area contributed by atoms with Crippen molar-refractivity contribution in [2.45, 2.75) is 19.4 Å². The van der Waals surface area contributed by atoms with E-state index in [0.717, 1.165) is 24.9 Å². The molecule has 2 aromatic carbocycles. The van der Waals surface area contributed by atoms with Crippen molar-refractivity contribution in [3.8, 4) is 0 Å². The molecule has 0 radical (unpaired) electrons. The van der Waals surface area contributed by atoms with E-state index in [-0.39, 0.29) is 11.7 Å². The van der Waals surface area contributed by atoms with Crippen molar-refractivity contribution in [1.29, 1.82) is 5.41 Å². The highest BCUT2D eigenvalue weighted by Gasteiger charge is 2.16. The number of rotatable bonds is 3. The number of nitrogens with two attached hydrogens (primary N) is 1. The Morgan fingerprint density at radius 1 is 1.24 bits per heavy atom. The van der Waals surface area contributed by atoms with Gasteiger partial charge in [-0.05, 0) is 48.2 Å². The first-order valence-electron chi connectivity index (χ1n) is 7.10. The molecule has 1 heterocycles. The molecule has 108 valence electrons. The van der Waals surface area contributed by atoms with Crippen molar-refractivity contribution < 1.29 is 4.39 Å². The third-order valence-corrected chi connectivity index (χ3v) is 3.85. The first kappa shape index (κ1) is 13.6. The van der Waals surface area contributed by atoms with Gasteiger partial charge in [0, 0.05) is 24.3 Å². The van der Waals surface area contributed by atoms with Gasteiger partial charge in [0.05, 0.1) is 0 Å². The number of hydrogen-bond acceptors (Lipinski definition) is 2. The molecule has 0 bridgehead atoms. The molecule has 0 aromatic heterocycles. The standard InChI is InChI=1S/C17H18FN3/c18-15-9-12(8-14(10-15)17(19)20)11-21-7-3-5-13-4-1-2-6-16(13)21/h1-2,4,6,8-10H,3,5,7,11H2,(H3,19,20). The molecule has 1 aliphatic rings. The quantitative estimate of drug-likeness (QED) is 0.672. The van der Waals surface area contributed by atoms with Crippen LogP contribution < -0.4 is 10.6 Å². The lowest BCUT2D eigenvalue weighted by Gasteiger charge is -2.31. The molecule has 4 heteroatoms. The fraction of sp³-hybridized carbons (Fsp3) is 0.235. The molecule has 0 spiro atoms. The van der Waals surface area contributed by atoms with Crippen molar-refractivity contribution in [1.82, 2.24) is 0 Å². The fourth-order valence-electron chi connectivity index (χ4n) is 2.89. The maximum Gasteiger partial charge on any atom is 0.124 e. The maximum absolute atomic E-state index is 13.7. The second-order valence-electron chi connectivity index (χ2n) is 5.42. The molecule has 0 saturated carbocycles. The molecule has 0 unspecified atom stereocenters. The van der Waals surface area contributed by atoms with Crippen molar-refractivity contribution in [2.75, 3.05) is 11.4 Å². The minimum atomic E-state index is -0.344. The van der Waals surface area contributed by atoms with Crippen LogP contribution in [0.1, 0.15) is 23.1 Å². The van der Waals surface area contributed by atoms with E-state index in [9.17, 15) is 4.39 Å². The molecule has 0 fully saturated rings.